The summed E-state index contributed by atoms with van der Waals surface area (Å²) in [5, 5.41) is 1.02. The summed E-state index contributed by atoms with van der Waals surface area (Å²) in [5.74, 6) is 1.39. The van der Waals surface area contributed by atoms with Gasteiger partial charge in [0.15, 0.2) is 0 Å². The number of nitrogen functional groups attached to an aromatic ring is 1. The van der Waals surface area contributed by atoms with Gasteiger partial charge >= 0.3 is 0 Å². The number of rotatable bonds is 2. The van der Waals surface area contributed by atoms with Crippen LogP contribution in [0, 0.1) is 0 Å². The molecular formula is C13H13Cl2N3. The molecule has 0 aliphatic carbocycles. The van der Waals surface area contributed by atoms with Gasteiger partial charge < -0.3 is 5.73 Å². The molecule has 2 rings (SSSR count). The number of anilines is 1. The third-order valence-corrected chi connectivity index (χ3v) is 3.23. The van der Waals surface area contributed by atoms with E-state index in [0.717, 1.165) is 17.1 Å². The molecule has 94 valence electrons. The normalized spacial score (nSPS) is 10.9. The second-order valence-electron chi connectivity index (χ2n) is 4.32. The van der Waals surface area contributed by atoms with E-state index in [0.29, 0.717) is 15.9 Å². The predicted octanol–water partition coefficient (Wildman–Crippen LogP) is 4.16. The summed E-state index contributed by atoms with van der Waals surface area (Å²) in [6.07, 6.45) is 0. The van der Waals surface area contributed by atoms with Gasteiger partial charge in [0, 0.05) is 17.5 Å². The van der Waals surface area contributed by atoms with E-state index in [4.69, 9.17) is 28.9 Å². The van der Waals surface area contributed by atoms with Crippen molar-refractivity contribution in [1.82, 2.24) is 9.97 Å². The Morgan fingerprint density at radius 1 is 1.06 bits per heavy atom. The van der Waals surface area contributed by atoms with Gasteiger partial charge in [-0.15, -0.1) is 0 Å². The van der Waals surface area contributed by atoms with Crippen molar-refractivity contribution < 1.29 is 0 Å². The number of nitrogens with two attached hydrogens (primary N) is 1. The van der Waals surface area contributed by atoms with E-state index in [9.17, 15) is 0 Å². The van der Waals surface area contributed by atoms with Crippen LogP contribution in [0.2, 0.25) is 10.0 Å². The van der Waals surface area contributed by atoms with Gasteiger partial charge in [-0.2, -0.15) is 0 Å². The zero-order chi connectivity index (χ0) is 13.3. The fraction of sp³-hybridized carbons (Fsp3) is 0.231. The van der Waals surface area contributed by atoms with E-state index in [1.54, 1.807) is 18.2 Å². The SMILES string of the molecule is CC(C)c1nc(N)cc(-c2ccc(Cl)c(Cl)c2)n1. The molecule has 2 aromatic rings. The van der Waals surface area contributed by atoms with Gasteiger partial charge in [-0.25, -0.2) is 9.97 Å². The van der Waals surface area contributed by atoms with Crippen LogP contribution >= 0.6 is 23.2 Å². The number of halogens is 2. The fourth-order valence-corrected chi connectivity index (χ4v) is 1.84. The second kappa shape index (κ2) is 5.12. The van der Waals surface area contributed by atoms with E-state index < -0.39 is 0 Å². The molecule has 1 aromatic heterocycles. The van der Waals surface area contributed by atoms with Crippen molar-refractivity contribution >= 4 is 29.0 Å². The molecule has 0 aliphatic heterocycles. The van der Waals surface area contributed by atoms with Crippen molar-refractivity contribution in [2.75, 3.05) is 5.73 Å². The van der Waals surface area contributed by atoms with Crippen LogP contribution in [-0.4, -0.2) is 9.97 Å². The Labute approximate surface area is 116 Å². The van der Waals surface area contributed by atoms with Crippen LogP contribution in [0.1, 0.15) is 25.6 Å². The summed E-state index contributed by atoms with van der Waals surface area (Å²) < 4.78 is 0. The summed E-state index contributed by atoms with van der Waals surface area (Å²) in [6, 6.07) is 7.11. The van der Waals surface area contributed by atoms with E-state index in [2.05, 4.69) is 9.97 Å². The molecule has 18 heavy (non-hydrogen) atoms. The quantitative estimate of drug-likeness (QED) is 0.899. The largest absolute Gasteiger partial charge is 0.384 e. The molecule has 0 atom stereocenters. The van der Waals surface area contributed by atoms with Gasteiger partial charge in [0.1, 0.15) is 11.6 Å². The number of aromatic nitrogens is 2. The minimum absolute atomic E-state index is 0.218. The van der Waals surface area contributed by atoms with E-state index in [1.807, 2.05) is 19.9 Å². The Bertz CT molecular complexity index is 582. The molecule has 0 saturated heterocycles. The zero-order valence-corrected chi connectivity index (χ0v) is 11.6. The Kier molecular flexibility index (Phi) is 3.73. The van der Waals surface area contributed by atoms with Crippen LogP contribution in [-0.2, 0) is 0 Å². The summed E-state index contributed by atoms with van der Waals surface area (Å²) in [6.45, 7) is 4.04. The second-order valence-corrected chi connectivity index (χ2v) is 5.13. The minimum Gasteiger partial charge on any atom is -0.384 e. The maximum Gasteiger partial charge on any atom is 0.133 e. The Morgan fingerprint density at radius 2 is 1.78 bits per heavy atom. The molecule has 1 heterocycles. The number of hydrogen-bond donors (Lipinski definition) is 1. The van der Waals surface area contributed by atoms with E-state index >= 15 is 0 Å². The number of hydrogen-bond acceptors (Lipinski definition) is 3. The van der Waals surface area contributed by atoms with Crippen molar-refractivity contribution in [1.29, 1.82) is 0 Å². The Balaban J connectivity index is 2.53. The first-order chi connectivity index (χ1) is 8.47. The first-order valence-corrected chi connectivity index (χ1v) is 6.33. The van der Waals surface area contributed by atoms with Crippen molar-refractivity contribution in [2.45, 2.75) is 19.8 Å². The molecule has 1 aromatic carbocycles. The standard InChI is InChI=1S/C13H13Cl2N3/c1-7(2)13-17-11(6-12(16)18-13)8-3-4-9(14)10(15)5-8/h3-7H,1-2H3,(H2,16,17,18). The van der Waals surface area contributed by atoms with Gasteiger partial charge in [0.05, 0.1) is 15.7 Å². The van der Waals surface area contributed by atoms with Crippen LogP contribution in [0.15, 0.2) is 24.3 Å². The van der Waals surface area contributed by atoms with Gasteiger partial charge in [-0.1, -0.05) is 43.1 Å². The summed E-state index contributed by atoms with van der Waals surface area (Å²) in [4.78, 5) is 8.69. The molecule has 0 saturated carbocycles. The van der Waals surface area contributed by atoms with Crippen LogP contribution in [0.4, 0.5) is 5.82 Å². The van der Waals surface area contributed by atoms with Gasteiger partial charge in [-0.3, -0.25) is 0 Å². The molecule has 0 spiro atoms. The molecule has 0 amide bonds. The lowest BCUT2D eigenvalue weighted by Gasteiger charge is -2.08. The van der Waals surface area contributed by atoms with Crippen molar-refractivity contribution in [2.24, 2.45) is 0 Å². The Morgan fingerprint density at radius 3 is 2.39 bits per heavy atom. The minimum atomic E-state index is 0.218. The lowest BCUT2D eigenvalue weighted by Crippen LogP contribution is -2.02. The van der Waals surface area contributed by atoms with Crippen LogP contribution in [0.25, 0.3) is 11.3 Å². The van der Waals surface area contributed by atoms with Crippen LogP contribution in [0.3, 0.4) is 0 Å². The van der Waals surface area contributed by atoms with Gasteiger partial charge in [0.25, 0.3) is 0 Å². The maximum absolute atomic E-state index is 6.00. The smallest absolute Gasteiger partial charge is 0.133 e. The third-order valence-electron chi connectivity index (χ3n) is 2.50. The highest BCUT2D eigenvalue weighted by Gasteiger charge is 2.09. The monoisotopic (exact) mass is 281 g/mol. The number of nitrogens with zero attached hydrogens (tertiary/aromatic N) is 2. The van der Waals surface area contributed by atoms with Crippen molar-refractivity contribution in [3.63, 3.8) is 0 Å². The van der Waals surface area contributed by atoms with Gasteiger partial charge in [0.2, 0.25) is 0 Å². The predicted molar refractivity (Wildman–Crippen MR) is 76.0 cm³/mol. The molecule has 5 heteroatoms. The molecule has 0 radical (unpaired) electrons. The van der Waals surface area contributed by atoms with Crippen LogP contribution < -0.4 is 5.73 Å². The third kappa shape index (κ3) is 2.74. The van der Waals surface area contributed by atoms with Gasteiger partial charge in [-0.05, 0) is 12.1 Å². The average Bonchev–Trinajstić information content (AvgIpc) is 2.31. The molecule has 0 bridgehead atoms. The number of benzene rings is 1. The van der Waals surface area contributed by atoms with E-state index in [-0.39, 0.29) is 5.92 Å². The summed E-state index contributed by atoms with van der Waals surface area (Å²) in [7, 11) is 0. The highest BCUT2D eigenvalue weighted by atomic mass is 35.5. The van der Waals surface area contributed by atoms with E-state index in [1.165, 1.54) is 0 Å². The lowest BCUT2D eigenvalue weighted by atomic mass is 10.1. The van der Waals surface area contributed by atoms with Crippen LogP contribution in [0.5, 0.6) is 0 Å². The zero-order valence-electron chi connectivity index (χ0n) is 10.1. The van der Waals surface area contributed by atoms with Crippen molar-refractivity contribution in [3.05, 3.63) is 40.1 Å². The summed E-state index contributed by atoms with van der Waals surface area (Å²) in [5.41, 5.74) is 7.42. The molecule has 2 N–H and O–H groups in total. The Hall–Kier alpha value is -1.32. The molecule has 0 fully saturated rings. The topological polar surface area (TPSA) is 51.8 Å². The fourth-order valence-electron chi connectivity index (χ4n) is 1.55. The molecule has 0 unspecified atom stereocenters. The summed E-state index contributed by atoms with van der Waals surface area (Å²) >= 11 is 11.9. The van der Waals surface area contributed by atoms with Crippen molar-refractivity contribution in [3.8, 4) is 11.3 Å². The first kappa shape index (κ1) is 13.1. The highest BCUT2D eigenvalue weighted by molar-refractivity contribution is 6.42. The molecule has 3 nitrogen and oxygen atoms in total. The lowest BCUT2D eigenvalue weighted by molar-refractivity contribution is 0.779. The maximum atomic E-state index is 6.00. The first-order valence-electron chi connectivity index (χ1n) is 5.57. The average molecular weight is 282 g/mol. The molecular weight excluding hydrogens is 269 g/mol. The molecule has 0 aliphatic rings. The highest BCUT2D eigenvalue weighted by Crippen LogP contribution is 2.28.